The van der Waals surface area contributed by atoms with Crippen LogP contribution in [-0.4, -0.2) is 22.5 Å². The Morgan fingerprint density at radius 2 is 1.80 bits per heavy atom. The van der Waals surface area contributed by atoms with Gasteiger partial charge in [0.25, 0.3) is 0 Å². The van der Waals surface area contributed by atoms with Gasteiger partial charge in [-0.15, -0.1) is 0 Å². The molecule has 0 bridgehead atoms. The maximum absolute atomic E-state index is 12.0. The average Bonchev–Trinajstić information content (AvgIpc) is 2.56. The first-order valence-corrected chi connectivity index (χ1v) is 8.43. The van der Waals surface area contributed by atoms with Crippen molar-refractivity contribution in [1.82, 2.24) is 15.3 Å². The van der Waals surface area contributed by atoms with Gasteiger partial charge in [-0.05, 0) is 56.2 Å². The Kier molecular flexibility index (Phi) is 5.14. The lowest BCUT2D eigenvalue weighted by Gasteiger charge is -2.09. The van der Waals surface area contributed by atoms with Gasteiger partial charge >= 0.3 is 6.03 Å². The summed E-state index contributed by atoms with van der Waals surface area (Å²) in [6.45, 7) is 4.38. The monoisotopic (exact) mass is 354 g/mol. The number of nitrogens with zero attached hydrogens (tertiary/aromatic N) is 2. The average molecular weight is 355 g/mol. The van der Waals surface area contributed by atoms with Crippen molar-refractivity contribution in [2.75, 3.05) is 11.9 Å². The summed E-state index contributed by atoms with van der Waals surface area (Å²) in [4.78, 5) is 21.0. The number of anilines is 1. The molecule has 2 aromatic carbocycles. The molecule has 2 amide bonds. The lowest BCUT2D eigenvalue weighted by Crippen LogP contribution is -2.30. The van der Waals surface area contributed by atoms with Crippen LogP contribution >= 0.6 is 11.6 Å². The minimum Gasteiger partial charge on any atom is -0.338 e. The van der Waals surface area contributed by atoms with Crippen LogP contribution in [-0.2, 0) is 6.42 Å². The first kappa shape index (κ1) is 17.2. The van der Waals surface area contributed by atoms with E-state index in [4.69, 9.17) is 11.6 Å². The van der Waals surface area contributed by atoms with Crippen LogP contribution in [0.15, 0.2) is 42.5 Å². The third-order valence-corrected chi connectivity index (χ3v) is 4.16. The van der Waals surface area contributed by atoms with E-state index >= 15 is 0 Å². The Bertz CT molecular complexity index is 926. The summed E-state index contributed by atoms with van der Waals surface area (Å²) < 4.78 is 0. The van der Waals surface area contributed by atoms with E-state index in [0.717, 1.165) is 34.4 Å². The van der Waals surface area contributed by atoms with Crippen LogP contribution in [0, 0.1) is 13.8 Å². The van der Waals surface area contributed by atoms with Gasteiger partial charge < -0.3 is 10.6 Å². The molecular formula is C19H19ClN4O. The van der Waals surface area contributed by atoms with Gasteiger partial charge in [-0.2, -0.15) is 0 Å². The van der Waals surface area contributed by atoms with Crippen LogP contribution in [0.1, 0.15) is 17.0 Å². The molecule has 128 valence electrons. The number of aryl methyl sites for hydroxylation is 2. The van der Waals surface area contributed by atoms with E-state index in [9.17, 15) is 4.79 Å². The zero-order valence-corrected chi connectivity index (χ0v) is 14.9. The standard InChI is InChI=1S/C19H19ClN4O/c1-12-13(2)23-18-11-16(6-7-17(18)22-12)24-19(25)21-9-8-14-4-3-5-15(20)10-14/h3-7,10-11H,8-9H2,1-2H3,(H2,21,24,25). The molecule has 0 unspecified atom stereocenters. The highest BCUT2D eigenvalue weighted by atomic mass is 35.5. The van der Waals surface area contributed by atoms with Crippen molar-refractivity contribution in [2.45, 2.75) is 20.3 Å². The molecule has 2 N–H and O–H groups in total. The molecule has 25 heavy (non-hydrogen) atoms. The Hall–Kier alpha value is -2.66. The van der Waals surface area contributed by atoms with E-state index in [-0.39, 0.29) is 6.03 Å². The van der Waals surface area contributed by atoms with Crippen LogP contribution in [0.5, 0.6) is 0 Å². The lowest BCUT2D eigenvalue weighted by molar-refractivity contribution is 0.252. The number of urea groups is 1. The molecule has 0 atom stereocenters. The number of rotatable bonds is 4. The van der Waals surface area contributed by atoms with Crippen molar-refractivity contribution >= 4 is 34.4 Å². The molecule has 0 aliphatic heterocycles. The molecule has 0 saturated carbocycles. The Balaban J connectivity index is 1.59. The van der Waals surface area contributed by atoms with E-state index in [1.807, 2.05) is 56.3 Å². The predicted molar refractivity (Wildman–Crippen MR) is 101 cm³/mol. The van der Waals surface area contributed by atoms with Gasteiger partial charge in [0.1, 0.15) is 0 Å². The molecule has 5 nitrogen and oxygen atoms in total. The number of benzene rings is 2. The summed E-state index contributed by atoms with van der Waals surface area (Å²) in [5, 5.41) is 6.36. The molecule has 0 spiro atoms. The molecule has 6 heteroatoms. The molecule has 3 aromatic rings. The largest absolute Gasteiger partial charge is 0.338 e. The number of hydrogen-bond acceptors (Lipinski definition) is 3. The third kappa shape index (κ3) is 4.45. The molecule has 1 heterocycles. The minimum atomic E-state index is -0.252. The highest BCUT2D eigenvalue weighted by Crippen LogP contribution is 2.17. The topological polar surface area (TPSA) is 66.9 Å². The SMILES string of the molecule is Cc1nc2ccc(NC(=O)NCCc3cccc(Cl)c3)cc2nc1C. The Morgan fingerprint density at radius 3 is 2.56 bits per heavy atom. The molecule has 3 rings (SSSR count). The summed E-state index contributed by atoms with van der Waals surface area (Å²) in [6.07, 6.45) is 0.718. The van der Waals surface area contributed by atoms with E-state index in [1.54, 1.807) is 0 Å². The van der Waals surface area contributed by atoms with Gasteiger partial charge in [-0.1, -0.05) is 23.7 Å². The number of carbonyl (C=O) groups excluding carboxylic acids is 1. The van der Waals surface area contributed by atoms with E-state index in [1.165, 1.54) is 0 Å². The Morgan fingerprint density at radius 1 is 1.04 bits per heavy atom. The van der Waals surface area contributed by atoms with E-state index in [2.05, 4.69) is 20.6 Å². The van der Waals surface area contributed by atoms with Gasteiger partial charge in [-0.25, -0.2) is 14.8 Å². The highest BCUT2D eigenvalue weighted by molar-refractivity contribution is 6.30. The Labute approximate surface area is 151 Å². The van der Waals surface area contributed by atoms with Crippen molar-refractivity contribution in [3.05, 3.63) is 64.4 Å². The van der Waals surface area contributed by atoms with Gasteiger partial charge in [0.15, 0.2) is 0 Å². The second-order valence-electron chi connectivity index (χ2n) is 5.86. The lowest BCUT2D eigenvalue weighted by atomic mass is 10.1. The molecule has 1 aromatic heterocycles. The first-order valence-electron chi connectivity index (χ1n) is 8.05. The zero-order valence-electron chi connectivity index (χ0n) is 14.1. The normalized spacial score (nSPS) is 10.7. The number of hydrogen-bond donors (Lipinski definition) is 2. The molecule has 0 aliphatic carbocycles. The van der Waals surface area contributed by atoms with Crippen LogP contribution in [0.2, 0.25) is 5.02 Å². The summed E-state index contributed by atoms with van der Waals surface area (Å²) in [6, 6.07) is 12.9. The van der Waals surface area contributed by atoms with Crippen molar-refractivity contribution in [1.29, 1.82) is 0 Å². The molecule has 0 aliphatic rings. The number of amides is 2. The van der Waals surface area contributed by atoms with Crippen molar-refractivity contribution in [2.24, 2.45) is 0 Å². The fraction of sp³-hybridized carbons (Fsp3) is 0.211. The summed E-state index contributed by atoms with van der Waals surface area (Å²) in [7, 11) is 0. The van der Waals surface area contributed by atoms with Gasteiger partial charge in [0, 0.05) is 17.3 Å². The van der Waals surface area contributed by atoms with E-state index in [0.29, 0.717) is 17.3 Å². The number of fused-ring (bicyclic) bond motifs is 1. The number of halogens is 1. The smallest absolute Gasteiger partial charge is 0.319 e. The number of carbonyl (C=O) groups is 1. The van der Waals surface area contributed by atoms with Gasteiger partial charge in [-0.3, -0.25) is 0 Å². The molecule has 0 radical (unpaired) electrons. The maximum atomic E-state index is 12.0. The van der Waals surface area contributed by atoms with Crippen LogP contribution in [0.25, 0.3) is 11.0 Å². The molecule has 0 saturated heterocycles. The van der Waals surface area contributed by atoms with Crippen molar-refractivity contribution < 1.29 is 4.79 Å². The summed E-state index contributed by atoms with van der Waals surface area (Å²) in [5.74, 6) is 0. The number of nitrogens with one attached hydrogen (secondary N) is 2. The van der Waals surface area contributed by atoms with Gasteiger partial charge in [0.05, 0.1) is 22.4 Å². The molecular weight excluding hydrogens is 336 g/mol. The summed E-state index contributed by atoms with van der Waals surface area (Å²) >= 11 is 5.95. The van der Waals surface area contributed by atoms with Crippen LogP contribution in [0.4, 0.5) is 10.5 Å². The number of aromatic nitrogens is 2. The predicted octanol–water partition coefficient (Wildman–Crippen LogP) is 4.26. The maximum Gasteiger partial charge on any atom is 0.319 e. The molecule has 0 fully saturated rings. The van der Waals surface area contributed by atoms with Gasteiger partial charge in [0.2, 0.25) is 0 Å². The quantitative estimate of drug-likeness (QED) is 0.735. The highest BCUT2D eigenvalue weighted by Gasteiger charge is 2.05. The van der Waals surface area contributed by atoms with Crippen LogP contribution < -0.4 is 10.6 Å². The van der Waals surface area contributed by atoms with Crippen LogP contribution in [0.3, 0.4) is 0 Å². The summed E-state index contributed by atoms with van der Waals surface area (Å²) in [5.41, 5.74) is 5.14. The minimum absolute atomic E-state index is 0.252. The van der Waals surface area contributed by atoms with Crippen molar-refractivity contribution in [3.8, 4) is 0 Å². The fourth-order valence-electron chi connectivity index (χ4n) is 2.50. The van der Waals surface area contributed by atoms with E-state index < -0.39 is 0 Å². The third-order valence-electron chi connectivity index (χ3n) is 3.92. The zero-order chi connectivity index (χ0) is 17.8. The fourth-order valence-corrected chi connectivity index (χ4v) is 2.71. The van der Waals surface area contributed by atoms with Crippen molar-refractivity contribution in [3.63, 3.8) is 0 Å². The second-order valence-corrected chi connectivity index (χ2v) is 6.30. The second kappa shape index (κ2) is 7.49. The first-order chi connectivity index (χ1) is 12.0.